The molecule has 2 N–H and O–H groups in total. The molecule has 3 nitrogen and oxygen atoms in total. The molecule has 0 aliphatic heterocycles. The van der Waals surface area contributed by atoms with Gasteiger partial charge >= 0.3 is 0 Å². The van der Waals surface area contributed by atoms with Crippen LogP contribution < -0.4 is 5.73 Å². The van der Waals surface area contributed by atoms with E-state index in [2.05, 4.69) is 15.9 Å². The summed E-state index contributed by atoms with van der Waals surface area (Å²) in [6.45, 7) is 0.468. The average Bonchev–Trinajstić information content (AvgIpc) is 3.17. The summed E-state index contributed by atoms with van der Waals surface area (Å²) in [4.78, 5) is 13.9. The van der Waals surface area contributed by atoms with Crippen LogP contribution in [0, 0.1) is 11.7 Å². The van der Waals surface area contributed by atoms with Gasteiger partial charge in [-0.25, -0.2) is 4.39 Å². The number of halogens is 2. The number of likely N-dealkylation sites (N-methyl/N-ethyl adjacent to an activating group) is 1. The summed E-state index contributed by atoms with van der Waals surface area (Å²) in [6.07, 6.45) is 2.26. The molecule has 18 heavy (non-hydrogen) atoms. The maximum absolute atomic E-state index is 13.1. The number of carbonyl (C=O) groups is 1. The summed E-state index contributed by atoms with van der Waals surface area (Å²) in [7, 11) is 1.76. The largest absolute Gasteiger partial charge is 0.337 e. The summed E-state index contributed by atoms with van der Waals surface area (Å²) in [5.74, 6) is 0.0395. The Labute approximate surface area is 114 Å². The Morgan fingerprint density at radius 3 is 2.78 bits per heavy atom. The first-order valence-electron chi connectivity index (χ1n) is 5.97. The summed E-state index contributed by atoms with van der Waals surface area (Å²) in [6, 6.07) is 4.38. The van der Waals surface area contributed by atoms with Crippen molar-refractivity contribution >= 4 is 21.8 Å². The third kappa shape index (κ3) is 2.72. The van der Waals surface area contributed by atoms with Gasteiger partial charge in [-0.05, 0) is 52.9 Å². The van der Waals surface area contributed by atoms with Crippen LogP contribution >= 0.6 is 15.9 Å². The Morgan fingerprint density at radius 2 is 2.28 bits per heavy atom. The standard InChI is InChI=1S/C13H16BrFN2O/c1-17(12(7-16)8-2-3-8)13(18)9-4-5-11(15)10(14)6-9/h4-6,8,12H,2-3,7,16H2,1H3. The minimum atomic E-state index is -0.369. The number of hydrogen-bond acceptors (Lipinski definition) is 2. The number of carbonyl (C=O) groups excluding carboxylic acids is 1. The van der Waals surface area contributed by atoms with Crippen LogP contribution in [0.3, 0.4) is 0 Å². The molecule has 1 amide bonds. The van der Waals surface area contributed by atoms with Crippen molar-refractivity contribution in [3.05, 3.63) is 34.1 Å². The monoisotopic (exact) mass is 314 g/mol. The molecule has 0 aromatic heterocycles. The van der Waals surface area contributed by atoms with E-state index in [1.165, 1.54) is 18.2 Å². The highest BCUT2D eigenvalue weighted by Crippen LogP contribution is 2.35. The molecule has 5 heteroatoms. The Kier molecular flexibility index (Phi) is 4.02. The lowest BCUT2D eigenvalue weighted by atomic mass is 10.1. The zero-order valence-corrected chi connectivity index (χ0v) is 11.8. The van der Waals surface area contributed by atoms with Gasteiger partial charge in [0.15, 0.2) is 0 Å². The lowest BCUT2D eigenvalue weighted by Crippen LogP contribution is -2.43. The molecule has 0 radical (unpaired) electrons. The SMILES string of the molecule is CN(C(=O)c1ccc(F)c(Br)c1)C(CN)C1CC1. The topological polar surface area (TPSA) is 46.3 Å². The minimum absolute atomic E-state index is 0.0846. The Balaban J connectivity index is 2.16. The molecule has 98 valence electrons. The highest BCUT2D eigenvalue weighted by atomic mass is 79.9. The second-order valence-electron chi connectivity index (χ2n) is 4.69. The molecule has 1 fully saturated rings. The Bertz CT molecular complexity index is 462. The maximum atomic E-state index is 13.1. The fraction of sp³-hybridized carbons (Fsp3) is 0.462. The Hall–Kier alpha value is -0.940. The fourth-order valence-corrected chi connectivity index (χ4v) is 2.51. The van der Waals surface area contributed by atoms with Gasteiger partial charge in [-0.2, -0.15) is 0 Å². The van der Waals surface area contributed by atoms with E-state index in [0.29, 0.717) is 22.5 Å². The number of nitrogens with two attached hydrogens (primary N) is 1. The zero-order chi connectivity index (χ0) is 13.3. The third-order valence-corrected chi connectivity index (χ3v) is 4.00. The number of hydrogen-bond donors (Lipinski definition) is 1. The van der Waals surface area contributed by atoms with Crippen LogP contribution in [0.1, 0.15) is 23.2 Å². The molecule has 1 atom stereocenters. The molecular formula is C13H16BrFN2O. The van der Waals surface area contributed by atoms with Gasteiger partial charge in [-0.3, -0.25) is 4.79 Å². The van der Waals surface area contributed by atoms with Crippen molar-refractivity contribution in [3.8, 4) is 0 Å². The molecule has 1 saturated carbocycles. The van der Waals surface area contributed by atoms with Crippen LogP contribution in [-0.2, 0) is 0 Å². The molecule has 0 heterocycles. The lowest BCUT2D eigenvalue weighted by Gasteiger charge is -2.27. The second-order valence-corrected chi connectivity index (χ2v) is 5.54. The summed E-state index contributed by atoms with van der Waals surface area (Å²) >= 11 is 3.09. The van der Waals surface area contributed by atoms with Crippen molar-refractivity contribution in [2.75, 3.05) is 13.6 Å². The first-order valence-corrected chi connectivity index (χ1v) is 6.76. The quantitative estimate of drug-likeness (QED) is 0.927. The predicted octanol–water partition coefficient (Wildman–Crippen LogP) is 2.40. The summed E-state index contributed by atoms with van der Waals surface area (Å²) in [5, 5.41) is 0. The number of nitrogens with zero attached hydrogens (tertiary/aromatic N) is 1. The summed E-state index contributed by atoms with van der Waals surface area (Å²) in [5.41, 5.74) is 6.20. The van der Waals surface area contributed by atoms with Crippen LogP contribution in [0.15, 0.2) is 22.7 Å². The minimum Gasteiger partial charge on any atom is -0.337 e. The fourth-order valence-electron chi connectivity index (χ4n) is 2.13. The van der Waals surface area contributed by atoms with Gasteiger partial charge in [0, 0.05) is 25.2 Å². The van der Waals surface area contributed by atoms with Crippen LogP contribution in [0.4, 0.5) is 4.39 Å². The van der Waals surface area contributed by atoms with Crippen LogP contribution in [0.2, 0.25) is 0 Å². The number of benzene rings is 1. The average molecular weight is 315 g/mol. The van der Waals surface area contributed by atoms with E-state index in [-0.39, 0.29) is 17.8 Å². The molecule has 0 spiro atoms. The van der Waals surface area contributed by atoms with Gasteiger partial charge in [0.05, 0.1) is 4.47 Å². The predicted molar refractivity (Wildman–Crippen MR) is 71.8 cm³/mol. The number of amides is 1. The van der Waals surface area contributed by atoms with Crippen molar-refractivity contribution in [2.45, 2.75) is 18.9 Å². The van der Waals surface area contributed by atoms with Crippen LogP contribution in [0.5, 0.6) is 0 Å². The smallest absolute Gasteiger partial charge is 0.253 e. The third-order valence-electron chi connectivity index (χ3n) is 3.39. The van der Waals surface area contributed by atoms with Gasteiger partial charge in [-0.15, -0.1) is 0 Å². The van der Waals surface area contributed by atoms with Crippen LogP contribution in [0.25, 0.3) is 0 Å². The Morgan fingerprint density at radius 1 is 1.61 bits per heavy atom. The normalized spacial score (nSPS) is 16.4. The van der Waals surface area contributed by atoms with E-state index >= 15 is 0 Å². The highest BCUT2D eigenvalue weighted by Gasteiger charge is 2.35. The van der Waals surface area contributed by atoms with Crippen molar-refractivity contribution in [1.29, 1.82) is 0 Å². The number of rotatable bonds is 4. The molecule has 1 aliphatic rings. The van der Waals surface area contributed by atoms with Gasteiger partial charge in [0.1, 0.15) is 5.82 Å². The van der Waals surface area contributed by atoms with Crippen molar-refractivity contribution in [2.24, 2.45) is 11.7 Å². The molecule has 1 unspecified atom stereocenters. The van der Waals surface area contributed by atoms with E-state index in [0.717, 1.165) is 12.8 Å². The summed E-state index contributed by atoms with van der Waals surface area (Å²) < 4.78 is 13.4. The second kappa shape index (κ2) is 5.36. The van der Waals surface area contributed by atoms with E-state index in [4.69, 9.17) is 5.73 Å². The molecule has 0 saturated heterocycles. The molecular weight excluding hydrogens is 299 g/mol. The van der Waals surface area contributed by atoms with E-state index < -0.39 is 0 Å². The van der Waals surface area contributed by atoms with Crippen molar-refractivity contribution in [1.82, 2.24) is 4.90 Å². The van der Waals surface area contributed by atoms with E-state index in [1.54, 1.807) is 11.9 Å². The molecule has 1 aromatic rings. The van der Waals surface area contributed by atoms with E-state index in [9.17, 15) is 9.18 Å². The van der Waals surface area contributed by atoms with Crippen LogP contribution in [-0.4, -0.2) is 30.4 Å². The molecule has 1 aliphatic carbocycles. The highest BCUT2D eigenvalue weighted by molar-refractivity contribution is 9.10. The van der Waals surface area contributed by atoms with Crippen molar-refractivity contribution < 1.29 is 9.18 Å². The molecule has 1 aromatic carbocycles. The first kappa shape index (κ1) is 13.5. The zero-order valence-electron chi connectivity index (χ0n) is 10.2. The maximum Gasteiger partial charge on any atom is 0.253 e. The van der Waals surface area contributed by atoms with Crippen molar-refractivity contribution in [3.63, 3.8) is 0 Å². The van der Waals surface area contributed by atoms with Gasteiger partial charge in [0.25, 0.3) is 5.91 Å². The first-order chi connectivity index (χ1) is 8.54. The molecule has 2 rings (SSSR count). The lowest BCUT2D eigenvalue weighted by molar-refractivity contribution is 0.0718. The van der Waals surface area contributed by atoms with E-state index in [1.807, 2.05) is 0 Å². The van der Waals surface area contributed by atoms with Gasteiger partial charge in [-0.1, -0.05) is 0 Å². The van der Waals surface area contributed by atoms with Gasteiger partial charge < -0.3 is 10.6 Å². The molecule has 0 bridgehead atoms. The van der Waals surface area contributed by atoms with Gasteiger partial charge in [0.2, 0.25) is 0 Å².